The summed E-state index contributed by atoms with van der Waals surface area (Å²) in [5.41, 5.74) is 0.763. The Labute approximate surface area is 150 Å². The van der Waals surface area contributed by atoms with E-state index in [2.05, 4.69) is 0 Å². The number of carbonyl (C=O) groups is 1. The van der Waals surface area contributed by atoms with E-state index < -0.39 is 11.6 Å². The minimum Gasteiger partial charge on any atom is -0.465 e. The third-order valence-electron chi connectivity index (χ3n) is 4.59. The van der Waals surface area contributed by atoms with Crippen LogP contribution in [0.25, 0.3) is 0 Å². The molecule has 0 heterocycles. The van der Waals surface area contributed by atoms with E-state index in [1.165, 1.54) is 0 Å². The Kier molecular flexibility index (Phi) is 7.26. The van der Waals surface area contributed by atoms with Gasteiger partial charge < -0.3 is 19.5 Å². The highest BCUT2D eigenvalue weighted by molar-refractivity contribution is 5.66. The van der Waals surface area contributed by atoms with E-state index in [4.69, 9.17) is 9.47 Å². The van der Waals surface area contributed by atoms with E-state index in [0.29, 0.717) is 19.8 Å². The molecular formula is C20H31NO4. The van der Waals surface area contributed by atoms with Crippen molar-refractivity contribution in [2.24, 2.45) is 0 Å². The summed E-state index contributed by atoms with van der Waals surface area (Å²) in [7, 11) is 0. The van der Waals surface area contributed by atoms with Crippen molar-refractivity contribution in [1.29, 1.82) is 0 Å². The van der Waals surface area contributed by atoms with Gasteiger partial charge in [0.25, 0.3) is 0 Å². The molecule has 0 radical (unpaired) electrons. The lowest BCUT2D eigenvalue weighted by atomic mass is 9.89. The van der Waals surface area contributed by atoms with Gasteiger partial charge in [0.05, 0.1) is 25.9 Å². The third kappa shape index (κ3) is 6.33. The van der Waals surface area contributed by atoms with Crippen LogP contribution >= 0.6 is 0 Å². The maximum Gasteiger partial charge on any atom is 0.407 e. The minimum absolute atomic E-state index is 0.0292. The number of hydrogen-bond acceptors (Lipinski definition) is 3. The number of carboxylic acid groups (broad SMARTS) is 1. The molecule has 140 valence electrons. The smallest absolute Gasteiger partial charge is 0.407 e. The third-order valence-corrected chi connectivity index (χ3v) is 4.59. The molecular weight excluding hydrogens is 318 g/mol. The second kappa shape index (κ2) is 9.20. The first-order chi connectivity index (χ1) is 11.9. The van der Waals surface area contributed by atoms with Crippen LogP contribution in [0.1, 0.15) is 52.0 Å². The van der Waals surface area contributed by atoms with Crippen molar-refractivity contribution in [3.63, 3.8) is 0 Å². The molecule has 2 rings (SSSR count). The van der Waals surface area contributed by atoms with Crippen molar-refractivity contribution in [2.75, 3.05) is 13.2 Å². The molecule has 1 amide bonds. The van der Waals surface area contributed by atoms with Crippen molar-refractivity contribution in [3.05, 3.63) is 35.9 Å². The SMILES string of the molecule is CC(C)(C)N(C(=O)O)C1CCCC(OCCOCc2ccccc2)C1. The molecule has 25 heavy (non-hydrogen) atoms. The summed E-state index contributed by atoms with van der Waals surface area (Å²) in [5, 5.41) is 9.57. The summed E-state index contributed by atoms with van der Waals surface area (Å²) >= 11 is 0. The van der Waals surface area contributed by atoms with Gasteiger partial charge >= 0.3 is 6.09 Å². The molecule has 2 atom stereocenters. The number of hydrogen-bond donors (Lipinski definition) is 1. The molecule has 5 nitrogen and oxygen atoms in total. The van der Waals surface area contributed by atoms with Gasteiger partial charge in [0.15, 0.2) is 0 Å². The van der Waals surface area contributed by atoms with Crippen LogP contribution in [0, 0.1) is 0 Å². The Balaban J connectivity index is 1.73. The highest BCUT2D eigenvalue weighted by atomic mass is 16.5. The number of ether oxygens (including phenoxy) is 2. The van der Waals surface area contributed by atoms with Crippen molar-refractivity contribution in [1.82, 2.24) is 4.90 Å². The van der Waals surface area contributed by atoms with E-state index in [-0.39, 0.29) is 12.1 Å². The molecule has 0 bridgehead atoms. The molecule has 0 aliphatic heterocycles. The van der Waals surface area contributed by atoms with E-state index in [1.54, 1.807) is 4.90 Å². The Morgan fingerprint density at radius 1 is 1.20 bits per heavy atom. The van der Waals surface area contributed by atoms with Gasteiger partial charge in [-0.05, 0) is 52.0 Å². The van der Waals surface area contributed by atoms with Gasteiger partial charge in [0.1, 0.15) is 0 Å². The van der Waals surface area contributed by atoms with Crippen molar-refractivity contribution in [3.8, 4) is 0 Å². The second-order valence-electron chi connectivity index (χ2n) is 7.67. The van der Waals surface area contributed by atoms with Crippen LogP contribution in [0.3, 0.4) is 0 Å². The fourth-order valence-corrected chi connectivity index (χ4v) is 3.53. The van der Waals surface area contributed by atoms with Crippen LogP contribution in [0.5, 0.6) is 0 Å². The van der Waals surface area contributed by atoms with Crippen molar-refractivity contribution >= 4 is 6.09 Å². The van der Waals surface area contributed by atoms with E-state index >= 15 is 0 Å². The van der Waals surface area contributed by atoms with Crippen LogP contribution in [-0.4, -0.2) is 47.0 Å². The summed E-state index contributed by atoms with van der Waals surface area (Å²) < 4.78 is 11.6. The van der Waals surface area contributed by atoms with Gasteiger partial charge in [-0.25, -0.2) is 4.79 Å². The largest absolute Gasteiger partial charge is 0.465 e. The van der Waals surface area contributed by atoms with E-state index in [1.807, 2.05) is 51.1 Å². The average Bonchev–Trinajstić information content (AvgIpc) is 2.54. The normalized spacial score (nSPS) is 21.1. The first kappa shape index (κ1) is 19.7. The summed E-state index contributed by atoms with van der Waals surface area (Å²) in [6.07, 6.45) is 2.94. The van der Waals surface area contributed by atoms with Gasteiger partial charge in [-0.1, -0.05) is 30.3 Å². The Hall–Kier alpha value is -1.59. The second-order valence-corrected chi connectivity index (χ2v) is 7.67. The number of nitrogens with zero attached hydrogens (tertiary/aromatic N) is 1. The number of benzene rings is 1. The molecule has 1 aliphatic carbocycles. The minimum atomic E-state index is -0.843. The maximum absolute atomic E-state index is 11.7. The van der Waals surface area contributed by atoms with Crippen molar-refractivity contribution in [2.45, 2.75) is 70.7 Å². The fourth-order valence-electron chi connectivity index (χ4n) is 3.53. The van der Waals surface area contributed by atoms with Gasteiger partial charge in [-0.3, -0.25) is 0 Å². The molecule has 1 aromatic carbocycles. The lowest BCUT2D eigenvalue weighted by Crippen LogP contribution is -2.53. The highest BCUT2D eigenvalue weighted by Gasteiger charge is 2.36. The van der Waals surface area contributed by atoms with Crippen LogP contribution in [0.4, 0.5) is 4.79 Å². The number of amides is 1. The molecule has 0 saturated heterocycles. The van der Waals surface area contributed by atoms with E-state index in [9.17, 15) is 9.90 Å². The van der Waals surface area contributed by atoms with E-state index in [0.717, 1.165) is 31.2 Å². The fraction of sp³-hybridized carbons (Fsp3) is 0.650. The Morgan fingerprint density at radius 3 is 2.56 bits per heavy atom. The molecule has 0 spiro atoms. The lowest BCUT2D eigenvalue weighted by Gasteiger charge is -2.43. The van der Waals surface area contributed by atoms with Gasteiger partial charge in [-0.2, -0.15) is 0 Å². The molecule has 2 unspecified atom stereocenters. The molecule has 1 aliphatic rings. The zero-order valence-electron chi connectivity index (χ0n) is 15.6. The van der Waals surface area contributed by atoms with Gasteiger partial charge in [-0.15, -0.1) is 0 Å². The molecule has 1 fully saturated rings. The topological polar surface area (TPSA) is 59.0 Å². The van der Waals surface area contributed by atoms with Gasteiger partial charge in [0.2, 0.25) is 0 Å². The lowest BCUT2D eigenvalue weighted by molar-refractivity contribution is -0.0374. The Morgan fingerprint density at radius 2 is 1.92 bits per heavy atom. The molecule has 1 N–H and O–H groups in total. The molecule has 1 aromatic rings. The monoisotopic (exact) mass is 349 g/mol. The standard InChI is InChI=1S/C20H31NO4/c1-20(2,3)21(19(22)23)17-10-7-11-18(14-17)25-13-12-24-15-16-8-5-4-6-9-16/h4-6,8-9,17-18H,7,10-15H2,1-3H3,(H,22,23). The van der Waals surface area contributed by atoms with Gasteiger partial charge in [0, 0.05) is 11.6 Å². The molecule has 0 aromatic heterocycles. The van der Waals surface area contributed by atoms with Crippen LogP contribution < -0.4 is 0 Å². The summed E-state index contributed by atoms with van der Waals surface area (Å²) in [6, 6.07) is 10.1. The summed E-state index contributed by atoms with van der Waals surface area (Å²) in [5.74, 6) is 0. The van der Waals surface area contributed by atoms with Crippen molar-refractivity contribution < 1.29 is 19.4 Å². The van der Waals surface area contributed by atoms with Crippen LogP contribution in [-0.2, 0) is 16.1 Å². The zero-order valence-corrected chi connectivity index (χ0v) is 15.6. The summed E-state index contributed by atoms with van der Waals surface area (Å²) in [4.78, 5) is 13.2. The number of rotatable bonds is 7. The average molecular weight is 349 g/mol. The van der Waals surface area contributed by atoms with Crippen LogP contribution in [0.15, 0.2) is 30.3 Å². The molecule has 1 saturated carbocycles. The predicted molar refractivity (Wildman–Crippen MR) is 97.7 cm³/mol. The maximum atomic E-state index is 11.7. The molecule has 5 heteroatoms. The zero-order chi connectivity index (χ0) is 18.3. The Bertz CT molecular complexity index is 526. The summed E-state index contributed by atoms with van der Waals surface area (Å²) in [6.45, 7) is 7.54. The highest BCUT2D eigenvalue weighted by Crippen LogP contribution is 2.29. The first-order valence-electron chi connectivity index (χ1n) is 9.13. The quantitative estimate of drug-likeness (QED) is 0.745. The van der Waals surface area contributed by atoms with Crippen LogP contribution in [0.2, 0.25) is 0 Å². The predicted octanol–water partition coefficient (Wildman–Crippen LogP) is 4.31. The first-order valence-corrected chi connectivity index (χ1v) is 9.13.